The largest absolute Gasteiger partial charge is 0.334 e. The van der Waals surface area contributed by atoms with Gasteiger partial charge >= 0.3 is 0 Å². The van der Waals surface area contributed by atoms with E-state index in [4.69, 9.17) is 0 Å². The van der Waals surface area contributed by atoms with Crippen LogP contribution in [0.25, 0.3) is 0 Å². The van der Waals surface area contributed by atoms with Gasteiger partial charge in [-0.05, 0) is 18.4 Å². The molecule has 0 saturated heterocycles. The van der Waals surface area contributed by atoms with Gasteiger partial charge in [-0.2, -0.15) is 0 Å². The fourth-order valence-corrected chi connectivity index (χ4v) is 1.98. The second-order valence-corrected chi connectivity index (χ2v) is 5.27. The molecule has 18 heavy (non-hydrogen) atoms. The van der Waals surface area contributed by atoms with Crippen molar-refractivity contribution in [3.05, 3.63) is 35.9 Å². The molecule has 0 aromatic heterocycles. The van der Waals surface area contributed by atoms with Gasteiger partial charge in [0, 0.05) is 18.6 Å². The Morgan fingerprint density at radius 3 is 2.56 bits per heavy atom. The van der Waals surface area contributed by atoms with E-state index in [2.05, 4.69) is 31.3 Å². The third-order valence-electron chi connectivity index (χ3n) is 3.17. The first kappa shape index (κ1) is 13.1. The molecule has 0 aliphatic heterocycles. The smallest absolute Gasteiger partial charge is 0.237 e. The summed E-state index contributed by atoms with van der Waals surface area (Å²) in [4.78, 5) is 14.2. The van der Waals surface area contributed by atoms with Crippen LogP contribution in [0.4, 0.5) is 0 Å². The van der Waals surface area contributed by atoms with Crippen LogP contribution in [-0.4, -0.2) is 29.4 Å². The fraction of sp³-hybridized carbons (Fsp3) is 0.533. The van der Waals surface area contributed by atoms with Crippen LogP contribution in [-0.2, 0) is 11.3 Å². The van der Waals surface area contributed by atoms with Crippen LogP contribution < -0.4 is 5.32 Å². The number of nitrogens with one attached hydrogen (secondary N) is 1. The number of rotatable bonds is 6. The van der Waals surface area contributed by atoms with E-state index < -0.39 is 0 Å². The van der Waals surface area contributed by atoms with Gasteiger partial charge in [0.2, 0.25) is 5.91 Å². The maximum Gasteiger partial charge on any atom is 0.237 e. The van der Waals surface area contributed by atoms with Crippen molar-refractivity contribution in [1.29, 1.82) is 0 Å². The first-order valence-electron chi connectivity index (χ1n) is 6.73. The van der Waals surface area contributed by atoms with Crippen LogP contribution in [0.5, 0.6) is 0 Å². The number of carbonyl (C=O) groups is 1. The van der Waals surface area contributed by atoms with Gasteiger partial charge in [-0.25, -0.2) is 0 Å². The normalized spacial score (nSPS) is 14.8. The Bertz CT molecular complexity index is 385. The van der Waals surface area contributed by atoms with Crippen LogP contribution in [0, 0.1) is 0 Å². The highest BCUT2D eigenvalue weighted by atomic mass is 16.2. The predicted octanol–water partition coefficient (Wildman–Crippen LogP) is 2.18. The number of nitrogens with zero attached hydrogens (tertiary/aromatic N) is 1. The maximum atomic E-state index is 12.2. The Hall–Kier alpha value is -1.35. The van der Waals surface area contributed by atoms with Gasteiger partial charge in [-0.15, -0.1) is 0 Å². The quantitative estimate of drug-likeness (QED) is 0.834. The van der Waals surface area contributed by atoms with Crippen molar-refractivity contribution in [3.8, 4) is 0 Å². The van der Waals surface area contributed by atoms with E-state index in [1.165, 1.54) is 5.56 Å². The van der Waals surface area contributed by atoms with Crippen LogP contribution in [0.15, 0.2) is 30.3 Å². The molecular weight excluding hydrogens is 224 g/mol. The first-order valence-corrected chi connectivity index (χ1v) is 6.73. The van der Waals surface area contributed by atoms with E-state index in [1.807, 2.05) is 23.1 Å². The summed E-state index contributed by atoms with van der Waals surface area (Å²) in [6.45, 7) is 5.31. The highest BCUT2D eigenvalue weighted by molar-refractivity contribution is 5.79. The molecule has 0 radical (unpaired) electrons. The highest BCUT2D eigenvalue weighted by Gasteiger charge is 2.32. The van der Waals surface area contributed by atoms with E-state index >= 15 is 0 Å². The van der Waals surface area contributed by atoms with Crippen LogP contribution in [0.2, 0.25) is 0 Å². The summed E-state index contributed by atoms with van der Waals surface area (Å²) in [5.41, 5.74) is 1.21. The van der Waals surface area contributed by atoms with Gasteiger partial charge in [-0.1, -0.05) is 44.2 Å². The molecule has 1 aromatic carbocycles. The van der Waals surface area contributed by atoms with Crippen molar-refractivity contribution < 1.29 is 4.79 Å². The second kappa shape index (κ2) is 6.01. The summed E-state index contributed by atoms with van der Waals surface area (Å²) >= 11 is 0. The predicted molar refractivity (Wildman–Crippen MR) is 73.2 cm³/mol. The van der Waals surface area contributed by atoms with Crippen molar-refractivity contribution in [2.24, 2.45) is 0 Å². The molecule has 0 unspecified atom stereocenters. The first-order chi connectivity index (χ1) is 8.66. The Morgan fingerprint density at radius 1 is 1.33 bits per heavy atom. The molecule has 3 heteroatoms. The number of amides is 1. The lowest BCUT2D eigenvalue weighted by molar-refractivity contribution is -0.131. The maximum absolute atomic E-state index is 12.2. The molecule has 1 N–H and O–H groups in total. The lowest BCUT2D eigenvalue weighted by Gasteiger charge is -2.23. The SMILES string of the molecule is CC(C)NCC(=O)N(Cc1ccccc1)C1CC1. The molecule has 0 bridgehead atoms. The van der Waals surface area contributed by atoms with Crippen molar-refractivity contribution >= 4 is 5.91 Å². The number of hydrogen-bond donors (Lipinski definition) is 1. The molecule has 1 aromatic rings. The molecule has 1 aliphatic carbocycles. The molecule has 98 valence electrons. The lowest BCUT2D eigenvalue weighted by Crippen LogP contribution is -2.41. The Balaban J connectivity index is 1.94. The summed E-state index contributed by atoms with van der Waals surface area (Å²) < 4.78 is 0. The number of benzene rings is 1. The molecule has 1 amide bonds. The third kappa shape index (κ3) is 3.84. The number of carbonyl (C=O) groups excluding carboxylic acids is 1. The Kier molecular flexibility index (Phi) is 4.37. The van der Waals surface area contributed by atoms with Crippen LogP contribution in [0.3, 0.4) is 0 Å². The topological polar surface area (TPSA) is 32.3 Å². The summed E-state index contributed by atoms with van der Waals surface area (Å²) in [6.07, 6.45) is 2.31. The molecule has 2 rings (SSSR count). The van der Waals surface area contributed by atoms with Gasteiger partial charge < -0.3 is 10.2 Å². The summed E-state index contributed by atoms with van der Waals surface area (Å²) in [5, 5.41) is 3.20. The minimum absolute atomic E-state index is 0.218. The molecule has 1 saturated carbocycles. The van der Waals surface area contributed by atoms with E-state index in [-0.39, 0.29) is 5.91 Å². The molecule has 0 spiro atoms. The van der Waals surface area contributed by atoms with Crippen molar-refractivity contribution in [1.82, 2.24) is 10.2 Å². The number of hydrogen-bond acceptors (Lipinski definition) is 2. The van der Waals surface area contributed by atoms with Gasteiger partial charge in [0.25, 0.3) is 0 Å². The Labute approximate surface area is 109 Å². The van der Waals surface area contributed by atoms with Crippen molar-refractivity contribution in [2.45, 2.75) is 45.3 Å². The van der Waals surface area contributed by atoms with E-state index in [0.29, 0.717) is 18.6 Å². The molecular formula is C15H22N2O. The third-order valence-corrected chi connectivity index (χ3v) is 3.17. The van der Waals surface area contributed by atoms with Gasteiger partial charge in [0.15, 0.2) is 0 Å². The average Bonchev–Trinajstić information content (AvgIpc) is 3.18. The summed E-state index contributed by atoms with van der Waals surface area (Å²) in [6, 6.07) is 11.0. The van der Waals surface area contributed by atoms with Gasteiger partial charge in [-0.3, -0.25) is 4.79 Å². The van der Waals surface area contributed by atoms with Gasteiger partial charge in [0.05, 0.1) is 6.54 Å². The molecule has 0 atom stereocenters. The summed E-state index contributed by atoms with van der Waals surface area (Å²) in [7, 11) is 0. The van der Waals surface area contributed by atoms with Crippen molar-refractivity contribution in [2.75, 3.05) is 6.54 Å². The van der Waals surface area contributed by atoms with Crippen LogP contribution >= 0.6 is 0 Å². The molecule has 0 heterocycles. The zero-order chi connectivity index (χ0) is 13.0. The fourth-order valence-electron chi connectivity index (χ4n) is 1.98. The van der Waals surface area contributed by atoms with Crippen LogP contribution in [0.1, 0.15) is 32.3 Å². The zero-order valence-corrected chi connectivity index (χ0v) is 11.2. The highest BCUT2D eigenvalue weighted by Crippen LogP contribution is 2.28. The van der Waals surface area contributed by atoms with Crippen molar-refractivity contribution in [3.63, 3.8) is 0 Å². The molecule has 3 nitrogen and oxygen atoms in total. The average molecular weight is 246 g/mol. The second-order valence-electron chi connectivity index (χ2n) is 5.27. The zero-order valence-electron chi connectivity index (χ0n) is 11.2. The van der Waals surface area contributed by atoms with E-state index in [0.717, 1.165) is 19.4 Å². The minimum atomic E-state index is 0.218. The monoisotopic (exact) mass is 246 g/mol. The van der Waals surface area contributed by atoms with Gasteiger partial charge in [0.1, 0.15) is 0 Å². The molecule has 1 fully saturated rings. The summed E-state index contributed by atoms with van der Waals surface area (Å²) in [5.74, 6) is 0.218. The van der Waals surface area contributed by atoms with E-state index in [1.54, 1.807) is 0 Å². The Morgan fingerprint density at radius 2 is 2.00 bits per heavy atom. The molecule has 1 aliphatic rings. The van der Waals surface area contributed by atoms with E-state index in [9.17, 15) is 4.79 Å². The minimum Gasteiger partial charge on any atom is -0.334 e. The standard InChI is InChI=1S/C15H22N2O/c1-12(2)16-10-15(18)17(14-8-9-14)11-13-6-4-3-5-7-13/h3-7,12,14,16H,8-11H2,1-2H3. The lowest BCUT2D eigenvalue weighted by atomic mass is 10.2.